The molecule has 0 amide bonds. The molecule has 104 valence electrons. The van der Waals surface area contributed by atoms with Crippen molar-refractivity contribution >= 4 is 23.3 Å². The highest BCUT2D eigenvalue weighted by molar-refractivity contribution is 6.31. The Morgan fingerprint density at radius 1 is 1.35 bits per heavy atom. The number of hydrogen-bond donors (Lipinski definition) is 1. The second kappa shape index (κ2) is 5.92. The molecule has 0 aliphatic carbocycles. The first-order valence-electron chi connectivity index (χ1n) is 5.95. The van der Waals surface area contributed by atoms with E-state index in [0.29, 0.717) is 5.69 Å². The number of benzene rings is 2. The van der Waals surface area contributed by atoms with E-state index in [1.165, 1.54) is 18.2 Å². The third-order valence-electron chi connectivity index (χ3n) is 2.84. The van der Waals surface area contributed by atoms with Crippen molar-refractivity contribution in [1.82, 2.24) is 0 Å². The van der Waals surface area contributed by atoms with Gasteiger partial charge in [-0.1, -0.05) is 29.3 Å². The molecule has 0 unspecified atom stereocenters. The number of aryl methyl sites for hydroxylation is 1. The molecular formula is C15H13ClFNO2. The summed E-state index contributed by atoms with van der Waals surface area (Å²) in [4.78, 5) is 11.9. The number of carbonyl (C=O) groups is 1. The van der Waals surface area contributed by atoms with Crippen LogP contribution in [0.1, 0.15) is 21.5 Å². The van der Waals surface area contributed by atoms with Crippen molar-refractivity contribution in [3.63, 3.8) is 0 Å². The maximum absolute atomic E-state index is 13.5. The molecule has 2 rings (SSSR count). The molecule has 0 saturated heterocycles. The van der Waals surface area contributed by atoms with Crippen LogP contribution in [0.3, 0.4) is 0 Å². The summed E-state index contributed by atoms with van der Waals surface area (Å²) in [6.45, 7) is 1.60. The molecule has 0 heterocycles. The Labute approximate surface area is 121 Å². The highest BCUT2D eigenvalue weighted by Crippen LogP contribution is 2.21. The summed E-state index contributed by atoms with van der Waals surface area (Å²) in [7, 11) is 0. The second-order valence-corrected chi connectivity index (χ2v) is 4.77. The third kappa shape index (κ3) is 3.08. The molecule has 0 aromatic heterocycles. The first-order chi connectivity index (χ1) is 9.49. The molecule has 2 aromatic rings. The zero-order valence-electron chi connectivity index (χ0n) is 10.8. The molecule has 0 bridgehead atoms. The maximum atomic E-state index is 13.5. The molecule has 0 saturated carbocycles. The van der Waals surface area contributed by atoms with Gasteiger partial charge in [0.1, 0.15) is 12.4 Å². The van der Waals surface area contributed by atoms with Crippen LogP contribution in [0.15, 0.2) is 36.4 Å². The van der Waals surface area contributed by atoms with E-state index in [9.17, 15) is 9.18 Å². The fourth-order valence-corrected chi connectivity index (χ4v) is 1.95. The minimum Gasteiger partial charge on any atom is -0.457 e. The van der Waals surface area contributed by atoms with Gasteiger partial charge in [-0.05, 0) is 31.2 Å². The van der Waals surface area contributed by atoms with E-state index >= 15 is 0 Å². The van der Waals surface area contributed by atoms with Gasteiger partial charge in [0.15, 0.2) is 0 Å². The van der Waals surface area contributed by atoms with Crippen molar-refractivity contribution < 1.29 is 13.9 Å². The Balaban J connectivity index is 2.15. The van der Waals surface area contributed by atoms with Gasteiger partial charge in [0.05, 0.1) is 10.6 Å². The summed E-state index contributed by atoms with van der Waals surface area (Å²) >= 11 is 5.86. The minimum absolute atomic E-state index is 0.147. The minimum atomic E-state index is -0.606. The zero-order chi connectivity index (χ0) is 14.7. The van der Waals surface area contributed by atoms with Gasteiger partial charge in [-0.25, -0.2) is 9.18 Å². The molecular weight excluding hydrogens is 281 g/mol. The van der Waals surface area contributed by atoms with Gasteiger partial charge in [-0.15, -0.1) is 0 Å². The van der Waals surface area contributed by atoms with Gasteiger partial charge in [-0.2, -0.15) is 0 Å². The fraction of sp³-hybridized carbons (Fsp3) is 0.133. The molecule has 3 nitrogen and oxygen atoms in total. The van der Waals surface area contributed by atoms with Gasteiger partial charge in [0, 0.05) is 11.3 Å². The van der Waals surface area contributed by atoms with E-state index in [-0.39, 0.29) is 22.8 Å². The summed E-state index contributed by atoms with van der Waals surface area (Å²) in [6.07, 6.45) is 0. The Hall–Kier alpha value is -2.07. The molecule has 0 spiro atoms. The van der Waals surface area contributed by atoms with Crippen molar-refractivity contribution in [2.24, 2.45) is 0 Å². The quantitative estimate of drug-likeness (QED) is 0.693. The molecule has 0 fully saturated rings. The molecule has 2 N–H and O–H groups in total. The standard InChI is InChI=1S/C15H13ClFNO2/c1-9-5-6-14(18)10(7-9)15(19)20-8-11-12(16)3-2-4-13(11)17/h2-7H,8,18H2,1H3. The number of nitrogen functional groups attached to an aromatic ring is 1. The van der Waals surface area contributed by atoms with Crippen LogP contribution in [0.5, 0.6) is 0 Å². The largest absolute Gasteiger partial charge is 0.457 e. The van der Waals surface area contributed by atoms with Gasteiger partial charge in [0.25, 0.3) is 0 Å². The van der Waals surface area contributed by atoms with E-state index in [1.54, 1.807) is 18.2 Å². The van der Waals surface area contributed by atoms with Gasteiger partial charge >= 0.3 is 5.97 Å². The van der Waals surface area contributed by atoms with Crippen molar-refractivity contribution in [2.45, 2.75) is 13.5 Å². The first-order valence-corrected chi connectivity index (χ1v) is 6.33. The SMILES string of the molecule is Cc1ccc(N)c(C(=O)OCc2c(F)cccc2Cl)c1. The number of esters is 1. The number of rotatable bonds is 3. The van der Waals surface area contributed by atoms with E-state index in [0.717, 1.165) is 5.56 Å². The molecule has 0 radical (unpaired) electrons. The first kappa shape index (κ1) is 14.3. The molecule has 0 atom stereocenters. The molecule has 2 aromatic carbocycles. The van der Waals surface area contributed by atoms with E-state index in [2.05, 4.69) is 0 Å². The number of hydrogen-bond acceptors (Lipinski definition) is 3. The predicted molar refractivity (Wildman–Crippen MR) is 76.1 cm³/mol. The molecule has 0 aliphatic heterocycles. The third-order valence-corrected chi connectivity index (χ3v) is 3.19. The van der Waals surface area contributed by atoms with Crippen LogP contribution in [0.25, 0.3) is 0 Å². The van der Waals surface area contributed by atoms with Crippen LogP contribution in [0.4, 0.5) is 10.1 Å². The van der Waals surface area contributed by atoms with Crippen LogP contribution < -0.4 is 5.73 Å². The van der Waals surface area contributed by atoms with E-state index in [4.69, 9.17) is 22.1 Å². The number of ether oxygens (including phenoxy) is 1. The molecule has 0 aliphatic rings. The topological polar surface area (TPSA) is 52.3 Å². The lowest BCUT2D eigenvalue weighted by atomic mass is 10.1. The Morgan fingerprint density at radius 3 is 2.80 bits per heavy atom. The van der Waals surface area contributed by atoms with Gasteiger partial charge < -0.3 is 10.5 Å². The van der Waals surface area contributed by atoms with Gasteiger partial charge in [0.2, 0.25) is 0 Å². The van der Waals surface area contributed by atoms with Crippen molar-refractivity contribution in [3.05, 3.63) is 63.9 Å². The zero-order valence-corrected chi connectivity index (χ0v) is 11.6. The smallest absolute Gasteiger partial charge is 0.340 e. The van der Waals surface area contributed by atoms with Crippen LogP contribution in [-0.2, 0) is 11.3 Å². The second-order valence-electron chi connectivity index (χ2n) is 4.37. The molecule has 5 heteroatoms. The predicted octanol–water partition coefficient (Wildman–Crippen LogP) is 3.73. The summed E-state index contributed by atoms with van der Waals surface area (Å²) in [5.41, 5.74) is 7.33. The van der Waals surface area contributed by atoms with Crippen LogP contribution in [0.2, 0.25) is 5.02 Å². The van der Waals surface area contributed by atoms with E-state index in [1.807, 2.05) is 6.92 Å². The summed E-state index contributed by atoms with van der Waals surface area (Å²) < 4.78 is 18.6. The van der Waals surface area contributed by atoms with Crippen LogP contribution >= 0.6 is 11.6 Å². The van der Waals surface area contributed by atoms with Crippen molar-refractivity contribution in [2.75, 3.05) is 5.73 Å². The summed E-state index contributed by atoms with van der Waals surface area (Å²) in [5, 5.41) is 0.218. The maximum Gasteiger partial charge on any atom is 0.340 e. The van der Waals surface area contributed by atoms with Crippen molar-refractivity contribution in [1.29, 1.82) is 0 Å². The Kier molecular flexibility index (Phi) is 4.25. The number of anilines is 1. The monoisotopic (exact) mass is 293 g/mol. The van der Waals surface area contributed by atoms with Crippen LogP contribution in [-0.4, -0.2) is 5.97 Å². The lowest BCUT2D eigenvalue weighted by molar-refractivity contribution is 0.0470. The number of nitrogens with two attached hydrogens (primary N) is 1. The highest BCUT2D eigenvalue weighted by Gasteiger charge is 2.14. The fourth-order valence-electron chi connectivity index (χ4n) is 1.73. The average Bonchev–Trinajstić information content (AvgIpc) is 2.40. The van der Waals surface area contributed by atoms with Crippen LogP contribution in [0, 0.1) is 12.7 Å². The summed E-state index contributed by atoms with van der Waals surface area (Å²) in [6, 6.07) is 9.33. The van der Waals surface area contributed by atoms with E-state index < -0.39 is 11.8 Å². The van der Waals surface area contributed by atoms with Crippen molar-refractivity contribution in [3.8, 4) is 0 Å². The molecule has 20 heavy (non-hydrogen) atoms. The average molecular weight is 294 g/mol. The Morgan fingerprint density at radius 2 is 2.10 bits per heavy atom. The number of carbonyl (C=O) groups excluding carboxylic acids is 1. The Bertz CT molecular complexity index is 638. The lowest BCUT2D eigenvalue weighted by Gasteiger charge is -2.09. The van der Waals surface area contributed by atoms with Gasteiger partial charge in [-0.3, -0.25) is 0 Å². The number of halogens is 2. The highest BCUT2D eigenvalue weighted by atomic mass is 35.5. The lowest BCUT2D eigenvalue weighted by Crippen LogP contribution is -2.09. The normalized spacial score (nSPS) is 10.3. The summed E-state index contributed by atoms with van der Waals surface area (Å²) in [5.74, 6) is -1.12.